The second kappa shape index (κ2) is 3.37. The van der Waals surface area contributed by atoms with Crippen LogP contribution in [0, 0.1) is 0 Å². The van der Waals surface area contributed by atoms with Gasteiger partial charge in [-0.1, -0.05) is 0 Å². The van der Waals surface area contributed by atoms with Crippen LogP contribution in [0.4, 0.5) is 0 Å². The summed E-state index contributed by atoms with van der Waals surface area (Å²) in [5, 5.41) is 0. The Kier molecular flexibility index (Phi) is 2.65. The van der Waals surface area contributed by atoms with Crippen LogP contribution in [0.5, 0.6) is 0 Å². The fraction of sp³-hybridized carbons (Fsp3) is 0.667. The number of ketones is 1. The Labute approximate surface area is 72.4 Å². The zero-order valence-electron chi connectivity index (χ0n) is 7.66. The Morgan fingerprint density at radius 2 is 2.25 bits per heavy atom. The molecule has 12 heavy (non-hydrogen) atoms. The van der Waals surface area contributed by atoms with Crippen molar-refractivity contribution in [3.63, 3.8) is 0 Å². The average molecular weight is 170 g/mol. The van der Waals surface area contributed by atoms with E-state index < -0.39 is 0 Å². The number of ether oxygens (including phenoxy) is 2. The van der Waals surface area contributed by atoms with Crippen LogP contribution < -0.4 is 0 Å². The molecular formula is C9H14O3. The van der Waals surface area contributed by atoms with Gasteiger partial charge in [-0.25, -0.2) is 0 Å². The van der Waals surface area contributed by atoms with Gasteiger partial charge in [-0.3, -0.25) is 4.79 Å². The van der Waals surface area contributed by atoms with Gasteiger partial charge in [0.25, 0.3) is 0 Å². The molecule has 0 N–H and O–H groups in total. The third-order valence-corrected chi connectivity index (χ3v) is 1.30. The highest BCUT2D eigenvalue weighted by molar-refractivity contribution is 5.91. The van der Waals surface area contributed by atoms with Crippen LogP contribution >= 0.6 is 0 Å². The molecule has 0 aromatic heterocycles. The van der Waals surface area contributed by atoms with Gasteiger partial charge in [0.05, 0.1) is 5.60 Å². The molecule has 3 nitrogen and oxygen atoms in total. The first-order valence-corrected chi connectivity index (χ1v) is 3.98. The van der Waals surface area contributed by atoms with E-state index >= 15 is 0 Å². The molecule has 0 fully saturated rings. The molecule has 1 atom stereocenters. The van der Waals surface area contributed by atoms with Crippen molar-refractivity contribution in [2.45, 2.75) is 32.7 Å². The van der Waals surface area contributed by atoms with Crippen LogP contribution in [0.25, 0.3) is 0 Å². The molecule has 0 radical (unpaired) electrons. The van der Waals surface area contributed by atoms with Gasteiger partial charge in [-0.05, 0) is 32.9 Å². The molecule has 0 saturated heterocycles. The van der Waals surface area contributed by atoms with Crippen LogP contribution in [0.1, 0.15) is 20.8 Å². The van der Waals surface area contributed by atoms with Crippen molar-refractivity contribution < 1.29 is 14.3 Å². The zero-order valence-corrected chi connectivity index (χ0v) is 7.66. The largest absolute Gasteiger partial charge is 0.343 e. The van der Waals surface area contributed by atoms with Crippen molar-refractivity contribution in [1.82, 2.24) is 0 Å². The summed E-state index contributed by atoms with van der Waals surface area (Å²) in [5.74, 6) is -0.0104. The van der Waals surface area contributed by atoms with Gasteiger partial charge in [0, 0.05) is 0 Å². The highest BCUT2D eigenvalue weighted by Crippen LogP contribution is 2.14. The highest BCUT2D eigenvalue weighted by atomic mass is 16.7. The van der Waals surface area contributed by atoms with E-state index in [-0.39, 0.29) is 24.3 Å². The summed E-state index contributed by atoms with van der Waals surface area (Å²) in [5.41, 5.74) is -0.241. The third kappa shape index (κ3) is 3.15. The first-order chi connectivity index (χ1) is 5.47. The summed E-state index contributed by atoms with van der Waals surface area (Å²) in [7, 11) is 0. The summed E-state index contributed by atoms with van der Waals surface area (Å²) in [6.07, 6.45) is 2.76. The van der Waals surface area contributed by atoms with Gasteiger partial charge in [0.1, 0.15) is 6.61 Å². The fourth-order valence-electron chi connectivity index (χ4n) is 0.876. The molecule has 0 aromatic rings. The second-order valence-corrected chi connectivity index (χ2v) is 3.74. The van der Waals surface area contributed by atoms with Crippen molar-refractivity contribution in [1.29, 1.82) is 0 Å². The van der Waals surface area contributed by atoms with Gasteiger partial charge in [0.15, 0.2) is 12.1 Å². The topological polar surface area (TPSA) is 35.5 Å². The molecule has 1 heterocycles. The standard InChI is InChI=1S/C9H14O3/c1-9(2,3)12-8-5-4-7(10)6-11-8/h4-5,8H,6H2,1-3H3. The maximum atomic E-state index is 10.7. The van der Waals surface area contributed by atoms with Gasteiger partial charge < -0.3 is 9.47 Å². The van der Waals surface area contributed by atoms with Crippen molar-refractivity contribution in [2.75, 3.05) is 6.61 Å². The molecule has 0 bridgehead atoms. The average Bonchev–Trinajstić information content (AvgIpc) is 1.91. The van der Waals surface area contributed by atoms with E-state index in [0.29, 0.717) is 0 Å². The Morgan fingerprint density at radius 3 is 2.67 bits per heavy atom. The van der Waals surface area contributed by atoms with Gasteiger partial charge >= 0.3 is 0 Å². The van der Waals surface area contributed by atoms with Crippen LogP contribution in [0.3, 0.4) is 0 Å². The van der Waals surface area contributed by atoms with Crippen LogP contribution in [-0.4, -0.2) is 24.3 Å². The van der Waals surface area contributed by atoms with Gasteiger partial charge in [0.2, 0.25) is 0 Å². The minimum Gasteiger partial charge on any atom is -0.343 e. The molecule has 1 unspecified atom stereocenters. The number of hydrogen-bond acceptors (Lipinski definition) is 3. The quantitative estimate of drug-likeness (QED) is 0.594. The normalized spacial score (nSPS) is 24.6. The van der Waals surface area contributed by atoms with Crippen LogP contribution in [0.15, 0.2) is 12.2 Å². The Morgan fingerprint density at radius 1 is 1.58 bits per heavy atom. The lowest BCUT2D eigenvalue weighted by molar-refractivity contribution is -0.175. The van der Waals surface area contributed by atoms with E-state index in [1.54, 1.807) is 6.08 Å². The molecule has 3 heteroatoms. The number of carbonyl (C=O) groups is 1. The predicted molar refractivity (Wildman–Crippen MR) is 44.7 cm³/mol. The maximum Gasteiger partial charge on any atom is 0.181 e. The molecule has 1 aliphatic rings. The van der Waals surface area contributed by atoms with E-state index in [1.165, 1.54) is 6.08 Å². The maximum absolute atomic E-state index is 10.7. The smallest absolute Gasteiger partial charge is 0.181 e. The number of rotatable bonds is 1. The van der Waals surface area contributed by atoms with Crippen molar-refractivity contribution >= 4 is 5.78 Å². The van der Waals surface area contributed by atoms with Crippen LogP contribution in [0.2, 0.25) is 0 Å². The Bertz CT molecular complexity index is 200. The molecule has 1 aliphatic heterocycles. The minimum absolute atomic E-state index is 0.0104. The summed E-state index contributed by atoms with van der Waals surface area (Å²) < 4.78 is 10.6. The highest BCUT2D eigenvalue weighted by Gasteiger charge is 2.20. The van der Waals surface area contributed by atoms with Crippen molar-refractivity contribution in [2.24, 2.45) is 0 Å². The fourth-order valence-corrected chi connectivity index (χ4v) is 0.876. The van der Waals surface area contributed by atoms with Gasteiger partial charge in [-0.15, -0.1) is 0 Å². The first-order valence-electron chi connectivity index (χ1n) is 3.98. The van der Waals surface area contributed by atoms with E-state index in [4.69, 9.17) is 9.47 Å². The van der Waals surface area contributed by atoms with E-state index in [1.807, 2.05) is 20.8 Å². The minimum atomic E-state index is -0.373. The molecule has 0 saturated carbocycles. The lowest BCUT2D eigenvalue weighted by Gasteiger charge is -2.26. The number of carbonyl (C=O) groups excluding carboxylic acids is 1. The Hall–Kier alpha value is -0.670. The SMILES string of the molecule is CC(C)(C)OC1C=CC(=O)CO1. The molecule has 0 amide bonds. The van der Waals surface area contributed by atoms with E-state index in [9.17, 15) is 4.79 Å². The van der Waals surface area contributed by atoms with Crippen molar-refractivity contribution in [3.8, 4) is 0 Å². The first kappa shape index (κ1) is 9.42. The molecule has 68 valence electrons. The lowest BCUT2D eigenvalue weighted by Crippen LogP contribution is -2.31. The monoisotopic (exact) mass is 170 g/mol. The molecule has 0 aliphatic carbocycles. The number of hydrogen-bond donors (Lipinski definition) is 0. The lowest BCUT2D eigenvalue weighted by atomic mass is 10.2. The van der Waals surface area contributed by atoms with E-state index in [2.05, 4.69) is 0 Å². The zero-order chi connectivity index (χ0) is 9.19. The summed E-state index contributed by atoms with van der Waals surface area (Å²) in [6.45, 7) is 5.96. The molecule has 0 spiro atoms. The summed E-state index contributed by atoms with van der Waals surface area (Å²) >= 11 is 0. The predicted octanol–water partition coefficient (Wildman–Crippen LogP) is 1.28. The van der Waals surface area contributed by atoms with Crippen LogP contribution in [-0.2, 0) is 14.3 Å². The Balaban J connectivity index is 2.46. The van der Waals surface area contributed by atoms with E-state index in [0.717, 1.165) is 0 Å². The van der Waals surface area contributed by atoms with Gasteiger partial charge in [-0.2, -0.15) is 0 Å². The van der Waals surface area contributed by atoms with Crippen molar-refractivity contribution in [3.05, 3.63) is 12.2 Å². The summed E-state index contributed by atoms with van der Waals surface area (Å²) in [6, 6.07) is 0. The molecule has 1 rings (SSSR count). The third-order valence-electron chi connectivity index (χ3n) is 1.30. The molecular weight excluding hydrogens is 156 g/mol. The summed E-state index contributed by atoms with van der Waals surface area (Å²) in [4.78, 5) is 10.7. The second-order valence-electron chi connectivity index (χ2n) is 3.74. The molecule has 0 aromatic carbocycles.